The third kappa shape index (κ3) is 6.32. The van der Waals surface area contributed by atoms with Crippen LogP contribution in [0, 0.1) is 35.5 Å². The molecular weight excluding hydrogens is 228 g/mol. The van der Waals surface area contributed by atoms with Crippen LogP contribution < -0.4 is 0 Å². The highest BCUT2D eigenvalue weighted by molar-refractivity contribution is 4.78. The van der Waals surface area contributed by atoms with E-state index >= 15 is 0 Å². The molecule has 0 aromatic heterocycles. The van der Waals surface area contributed by atoms with Crippen LogP contribution in [0.3, 0.4) is 0 Å². The van der Waals surface area contributed by atoms with E-state index in [4.69, 9.17) is 0 Å². The van der Waals surface area contributed by atoms with Gasteiger partial charge in [0.25, 0.3) is 0 Å². The molecule has 116 valence electrons. The predicted molar refractivity (Wildman–Crippen MR) is 89.4 cm³/mol. The SMILES string of the molecule is CCCC(C)C(CC)CC(C(C)CC)C(C)C(C)C. The Morgan fingerprint density at radius 1 is 0.737 bits per heavy atom. The van der Waals surface area contributed by atoms with Gasteiger partial charge in [0.15, 0.2) is 0 Å². The van der Waals surface area contributed by atoms with Crippen LogP contribution in [0.25, 0.3) is 0 Å². The molecule has 0 aliphatic carbocycles. The predicted octanol–water partition coefficient (Wildman–Crippen LogP) is 6.79. The lowest BCUT2D eigenvalue weighted by Crippen LogP contribution is -2.27. The van der Waals surface area contributed by atoms with Crippen molar-refractivity contribution in [2.45, 2.75) is 87.5 Å². The minimum absolute atomic E-state index is 0.818. The summed E-state index contributed by atoms with van der Waals surface area (Å²) in [6.45, 7) is 19.3. The highest BCUT2D eigenvalue weighted by Gasteiger charge is 2.28. The van der Waals surface area contributed by atoms with Crippen molar-refractivity contribution in [1.82, 2.24) is 0 Å². The van der Waals surface area contributed by atoms with E-state index in [1.807, 2.05) is 0 Å². The molecular formula is C19H40. The van der Waals surface area contributed by atoms with Gasteiger partial charge < -0.3 is 0 Å². The zero-order valence-electron chi connectivity index (χ0n) is 15.0. The Balaban J connectivity index is 4.77. The van der Waals surface area contributed by atoms with Gasteiger partial charge in [0.1, 0.15) is 0 Å². The molecule has 0 amide bonds. The van der Waals surface area contributed by atoms with Crippen molar-refractivity contribution in [3.05, 3.63) is 0 Å². The first-order valence-electron chi connectivity index (χ1n) is 8.88. The van der Waals surface area contributed by atoms with Crippen molar-refractivity contribution in [2.75, 3.05) is 0 Å². The zero-order chi connectivity index (χ0) is 15.0. The average molecular weight is 269 g/mol. The second-order valence-corrected chi connectivity index (χ2v) is 7.32. The summed E-state index contributed by atoms with van der Waals surface area (Å²) in [5.41, 5.74) is 0. The summed E-state index contributed by atoms with van der Waals surface area (Å²) in [6.07, 6.45) is 6.89. The van der Waals surface area contributed by atoms with Crippen molar-refractivity contribution in [2.24, 2.45) is 35.5 Å². The van der Waals surface area contributed by atoms with Gasteiger partial charge in [0.05, 0.1) is 0 Å². The smallest absolute Gasteiger partial charge is 0.0358 e. The van der Waals surface area contributed by atoms with Gasteiger partial charge in [-0.1, -0.05) is 81.1 Å². The molecule has 5 atom stereocenters. The Morgan fingerprint density at radius 2 is 1.32 bits per heavy atom. The molecule has 0 aliphatic rings. The lowest BCUT2D eigenvalue weighted by Gasteiger charge is -2.36. The largest absolute Gasteiger partial charge is 0.0654 e. The van der Waals surface area contributed by atoms with Crippen molar-refractivity contribution in [1.29, 1.82) is 0 Å². The van der Waals surface area contributed by atoms with Gasteiger partial charge >= 0.3 is 0 Å². The molecule has 0 bridgehead atoms. The molecule has 0 aliphatic heterocycles. The summed E-state index contributed by atoms with van der Waals surface area (Å²) < 4.78 is 0. The van der Waals surface area contributed by atoms with E-state index in [-0.39, 0.29) is 0 Å². The van der Waals surface area contributed by atoms with Gasteiger partial charge in [-0.15, -0.1) is 0 Å². The molecule has 0 fully saturated rings. The van der Waals surface area contributed by atoms with Crippen LogP contribution in [-0.4, -0.2) is 0 Å². The van der Waals surface area contributed by atoms with Gasteiger partial charge in [-0.3, -0.25) is 0 Å². The Morgan fingerprint density at radius 3 is 1.68 bits per heavy atom. The van der Waals surface area contributed by atoms with Crippen molar-refractivity contribution < 1.29 is 0 Å². The molecule has 0 N–H and O–H groups in total. The molecule has 0 heteroatoms. The molecule has 0 rings (SSSR count). The first-order chi connectivity index (χ1) is 8.88. The molecule has 5 unspecified atom stereocenters. The molecule has 0 aromatic carbocycles. The molecule has 0 radical (unpaired) electrons. The second kappa shape index (κ2) is 9.83. The summed E-state index contributed by atoms with van der Waals surface area (Å²) >= 11 is 0. The highest BCUT2D eigenvalue weighted by Crippen LogP contribution is 2.37. The van der Waals surface area contributed by atoms with E-state index in [2.05, 4.69) is 55.4 Å². The van der Waals surface area contributed by atoms with Crippen LogP contribution in [-0.2, 0) is 0 Å². The summed E-state index contributed by atoms with van der Waals surface area (Å²) in [5, 5.41) is 0. The summed E-state index contributed by atoms with van der Waals surface area (Å²) in [6, 6.07) is 0. The molecule has 0 heterocycles. The fourth-order valence-electron chi connectivity index (χ4n) is 3.60. The van der Waals surface area contributed by atoms with Crippen LogP contribution >= 0.6 is 0 Å². The van der Waals surface area contributed by atoms with Gasteiger partial charge in [0.2, 0.25) is 0 Å². The minimum Gasteiger partial charge on any atom is -0.0654 e. The van der Waals surface area contributed by atoms with Gasteiger partial charge in [-0.2, -0.15) is 0 Å². The molecule has 19 heavy (non-hydrogen) atoms. The topological polar surface area (TPSA) is 0 Å². The molecule has 0 nitrogen and oxygen atoms in total. The Labute approximate surface area is 123 Å². The fourth-order valence-corrected chi connectivity index (χ4v) is 3.60. The van der Waals surface area contributed by atoms with Crippen LogP contribution in [0.5, 0.6) is 0 Å². The second-order valence-electron chi connectivity index (χ2n) is 7.32. The maximum absolute atomic E-state index is 2.48. The first kappa shape index (κ1) is 19.0. The third-order valence-corrected chi connectivity index (χ3v) is 5.75. The molecule has 0 saturated carbocycles. The van der Waals surface area contributed by atoms with Crippen molar-refractivity contribution in [3.8, 4) is 0 Å². The van der Waals surface area contributed by atoms with E-state index in [9.17, 15) is 0 Å². The third-order valence-electron chi connectivity index (χ3n) is 5.75. The van der Waals surface area contributed by atoms with Crippen molar-refractivity contribution in [3.63, 3.8) is 0 Å². The van der Waals surface area contributed by atoms with Crippen LogP contribution in [0.2, 0.25) is 0 Å². The Bertz CT molecular complexity index is 206. The lowest BCUT2D eigenvalue weighted by atomic mass is 9.70. The number of rotatable bonds is 10. The maximum Gasteiger partial charge on any atom is -0.0358 e. The van der Waals surface area contributed by atoms with E-state index in [1.54, 1.807) is 0 Å². The van der Waals surface area contributed by atoms with Crippen LogP contribution in [0.4, 0.5) is 0 Å². The van der Waals surface area contributed by atoms with Crippen molar-refractivity contribution >= 4 is 0 Å². The van der Waals surface area contributed by atoms with Crippen LogP contribution in [0.1, 0.15) is 87.5 Å². The monoisotopic (exact) mass is 268 g/mol. The van der Waals surface area contributed by atoms with Gasteiger partial charge in [-0.25, -0.2) is 0 Å². The average Bonchev–Trinajstić information content (AvgIpc) is 2.38. The maximum atomic E-state index is 2.48. The molecule has 0 spiro atoms. The lowest BCUT2D eigenvalue weighted by molar-refractivity contribution is 0.138. The summed E-state index contributed by atoms with van der Waals surface area (Å²) in [7, 11) is 0. The standard InChI is InChI=1S/C19H40/c1-9-12-16(7)18(11-3)13-19(15(6)10-2)17(8)14(4)5/h14-19H,9-13H2,1-8H3. The van der Waals surface area contributed by atoms with E-state index in [1.165, 1.54) is 32.1 Å². The quantitative estimate of drug-likeness (QED) is 0.409. The minimum atomic E-state index is 0.818. The van der Waals surface area contributed by atoms with Gasteiger partial charge in [-0.05, 0) is 41.9 Å². The zero-order valence-corrected chi connectivity index (χ0v) is 15.0. The van der Waals surface area contributed by atoms with E-state index in [0.29, 0.717) is 0 Å². The molecule has 0 saturated heterocycles. The Kier molecular flexibility index (Phi) is 9.83. The van der Waals surface area contributed by atoms with Gasteiger partial charge in [0, 0.05) is 0 Å². The normalized spacial score (nSPS) is 20.1. The number of hydrogen-bond acceptors (Lipinski definition) is 0. The van der Waals surface area contributed by atoms with E-state index < -0.39 is 0 Å². The molecule has 0 aromatic rings. The van der Waals surface area contributed by atoms with Crippen LogP contribution in [0.15, 0.2) is 0 Å². The number of hydrogen-bond donors (Lipinski definition) is 0. The highest BCUT2D eigenvalue weighted by atomic mass is 14.3. The fraction of sp³-hybridized carbons (Fsp3) is 1.00. The summed E-state index contributed by atoms with van der Waals surface area (Å²) in [4.78, 5) is 0. The Hall–Kier alpha value is 0. The van der Waals surface area contributed by atoms with E-state index in [0.717, 1.165) is 35.5 Å². The summed E-state index contributed by atoms with van der Waals surface area (Å²) in [5.74, 6) is 5.30. The first-order valence-corrected chi connectivity index (χ1v) is 8.88.